The second-order valence-corrected chi connectivity index (χ2v) is 19.7. The second-order valence-electron chi connectivity index (χ2n) is 11.4. The molecule has 0 spiro atoms. The summed E-state index contributed by atoms with van der Waals surface area (Å²) in [6.45, 7) is 8.03. The van der Waals surface area contributed by atoms with E-state index in [9.17, 15) is 9.46 Å². The van der Waals surface area contributed by atoms with E-state index in [2.05, 4.69) is 26.0 Å². The SMILES string of the molecule is CCCCCCCC/C=C\CCCCCCCCCCCCOP(=O)(O)OP(C)(C)(C)CCC. The molecule has 0 aromatic heterocycles. The fourth-order valence-electron chi connectivity index (χ4n) is 4.45. The Bertz CT molecular complexity index is 540. The molecule has 0 amide bonds. The molecule has 6 heteroatoms. The fourth-order valence-corrected chi connectivity index (χ4v) is 9.90. The molecule has 34 heavy (non-hydrogen) atoms. The van der Waals surface area contributed by atoms with Crippen LogP contribution >= 0.6 is 14.7 Å². The van der Waals surface area contributed by atoms with Gasteiger partial charge in [-0.15, -0.1) is 0 Å². The second kappa shape index (κ2) is 20.4. The van der Waals surface area contributed by atoms with Crippen molar-refractivity contribution in [2.75, 3.05) is 32.8 Å². The van der Waals surface area contributed by atoms with E-state index in [0.717, 1.165) is 25.4 Å². The number of phosphoric ester groups is 1. The normalized spacial score (nSPS) is 15.4. The minimum absolute atomic E-state index is 0.305. The molecule has 1 N–H and O–H groups in total. The van der Waals surface area contributed by atoms with E-state index in [1.54, 1.807) is 0 Å². The standard InChI is InChI=1S/C28H60O4P2/c1-6-8-9-10-11-12-13-14-15-16-17-18-19-20-21-22-23-24-25-26-27-31-33(29,30)32-34(3,4,5)28-7-2/h14-15H,6-13,16-28H2,1-5H3,(H,29,30)/b15-14-. The van der Waals surface area contributed by atoms with Gasteiger partial charge in [0.05, 0.1) is 0 Å². The van der Waals surface area contributed by atoms with Crippen molar-refractivity contribution in [2.24, 2.45) is 0 Å². The van der Waals surface area contributed by atoms with Crippen molar-refractivity contribution >= 4 is 14.7 Å². The Kier molecular flexibility index (Phi) is 20.5. The van der Waals surface area contributed by atoms with Crippen molar-refractivity contribution in [3.8, 4) is 0 Å². The van der Waals surface area contributed by atoms with E-state index >= 15 is 0 Å². The first-order valence-electron chi connectivity index (χ1n) is 14.4. The summed E-state index contributed by atoms with van der Waals surface area (Å²) in [7, 11) is -3.95. The summed E-state index contributed by atoms with van der Waals surface area (Å²) in [6.07, 6.45) is 29.7. The zero-order chi connectivity index (χ0) is 25.6. The van der Waals surface area contributed by atoms with Crippen molar-refractivity contribution in [3.63, 3.8) is 0 Å². The Morgan fingerprint density at radius 2 is 1.06 bits per heavy atom. The molecule has 0 rings (SSSR count). The van der Waals surface area contributed by atoms with E-state index in [1.165, 1.54) is 103 Å². The van der Waals surface area contributed by atoms with Crippen molar-refractivity contribution in [1.82, 2.24) is 0 Å². The average molecular weight is 523 g/mol. The van der Waals surface area contributed by atoms with Gasteiger partial charge in [-0.1, -0.05) is 57.6 Å². The van der Waals surface area contributed by atoms with Crippen LogP contribution in [0.1, 0.15) is 136 Å². The predicted octanol–water partition coefficient (Wildman–Crippen LogP) is 10.5. The Morgan fingerprint density at radius 3 is 1.50 bits per heavy atom. The van der Waals surface area contributed by atoms with Crippen LogP contribution in [0, 0.1) is 0 Å². The summed E-state index contributed by atoms with van der Waals surface area (Å²) in [4.78, 5) is 10.0. The average Bonchev–Trinajstić information content (AvgIpc) is 2.73. The predicted molar refractivity (Wildman–Crippen MR) is 155 cm³/mol. The summed E-state index contributed by atoms with van der Waals surface area (Å²) < 4.78 is 23.1. The fraction of sp³-hybridized carbons (Fsp3) is 0.929. The molecule has 0 heterocycles. The maximum atomic E-state index is 12.3. The van der Waals surface area contributed by atoms with E-state index in [4.69, 9.17) is 8.83 Å². The number of hydrogen-bond donors (Lipinski definition) is 1. The van der Waals surface area contributed by atoms with Crippen molar-refractivity contribution in [2.45, 2.75) is 136 Å². The number of unbranched alkanes of at least 4 members (excludes halogenated alkanes) is 16. The van der Waals surface area contributed by atoms with Gasteiger partial charge in [0.25, 0.3) is 0 Å². The van der Waals surface area contributed by atoms with Gasteiger partial charge in [-0.05, 0) is 25.7 Å². The number of rotatable bonds is 25. The summed E-state index contributed by atoms with van der Waals surface area (Å²) in [5.74, 6) is 0. The van der Waals surface area contributed by atoms with Crippen molar-refractivity contribution in [3.05, 3.63) is 12.2 Å². The molecular weight excluding hydrogens is 462 g/mol. The van der Waals surface area contributed by atoms with Gasteiger partial charge in [-0.3, -0.25) is 0 Å². The van der Waals surface area contributed by atoms with Crippen LogP contribution in [0.25, 0.3) is 0 Å². The van der Waals surface area contributed by atoms with Gasteiger partial charge in [-0.25, -0.2) is 0 Å². The molecule has 0 aliphatic carbocycles. The molecule has 0 aliphatic rings. The maximum absolute atomic E-state index is 12.3. The molecule has 1 atom stereocenters. The van der Waals surface area contributed by atoms with E-state index in [-0.39, 0.29) is 0 Å². The molecule has 0 bridgehead atoms. The van der Waals surface area contributed by atoms with Crippen LogP contribution in [0.4, 0.5) is 0 Å². The van der Waals surface area contributed by atoms with Crippen molar-refractivity contribution < 1.29 is 18.3 Å². The Morgan fingerprint density at radius 1 is 0.647 bits per heavy atom. The van der Waals surface area contributed by atoms with Gasteiger partial charge in [0, 0.05) is 0 Å². The zero-order valence-corrected chi connectivity index (χ0v) is 25.4. The van der Waals surface area contributed by atoms with Gasteiger partial charge in [-0.2, -0.15) is 0 Å². The van der Waals surface area contributed by atoms with Gasteiger partial charge in [0.15, 0.2) is 0 Å². The molecule has 206 valence electrons. The van der Waals surface area contributed by atoms with E-state index in [0.29, 0.717) is 6.61 Å². The monoisotopic (exact) mass is 522 g/mol. The van der Waals surface area contributed by atoms with E-state index < -0.39 is 14.7 Å². The first-order valence-corrected chi connectivity index (χ1v) is 19.6. The molecule has 0 radical (unpaired) electrons. The third-order valence-corrected chi connectivity index (χ3v) is 12.0. The van der Waals surface area contributed by atoms with Crippen LogP contribution in [0.3, 0.4) is 0 Å². The molecule has 0 aliphatic heterocycles. The van der Waals surface area contributed by atoms with Crippen LogP contribution in [0.15, 0.2) is 12.2 Å². The molecular formula is C28H60O4P2. The summed E-state index contributed by atoms with van der Waals surface area (Å²) >= 11 is 0. The third-order valence-electron chi connectivity index (χ3n) is 6.30. The van der Waals surface area contributed by atoms with Gasteiger partial charge in [0.2, 0.25) is 0 Å². The quantitative estimate of drug-likeness (QED) is 0.0736. The molecule has 1 unspecified atom stereocenters. The van der Waals surface area contributed by atoms with Crippen molar-refractivity contribution in [1.29, 1.82) is 0 Å². The van der Waals surface area contributed by atoms with E-state index in [1.807, 2.05) is 20.0 Å². The first kappa shape index (κ1) is 34.3. The molecule has 0 saturated carbocycles. The Hall–Kier alpha value is 0.280. The molecule has 0 fully saturated rings. The minimum atomic E-state index is -3.95. The van der Waals surface area contributed by atoms with Gasteiger partial charge < -0.3 is 0 Å². The first-order chi connectivity index (χ1) is 16.1. The molecule has 0 saturated heterocycles. The Labute approximate surface area is 213 Å². The van der Waals surface area contributed by atoms with Crippen LogP contribution in [-0.2, 0) is 13.4 Å². The van der Waals surface area contributed by atoms with Crippen LogP contribution < -0.4 is 0 Å². The summed E-state index contributed by atoms with van der Waals surface area (Å²) in [5, 5.41) is 0. The number of phosphoric acid groups is 1. The van der Waals surface area contributed by atoms with Crippen LogP contribution in [0.2, 0.25) is 0 Å². The zero-order valence-electron chi connectivity index (χ0n) is 23.6. The summed E-state index contributed by atoms with van der Waals surface area (Å²) in [5.41, 5.74) is 0. The van der Waals surface area contributed by atoms with Crippen LogP contribution in [-0.4, -0.2) is 37.7 Å². The topological polar surface area (TPSA) is 55.8 Å². The molecule has 0 aromatic carbocycles. The number of allylic oxidation sites excluding steroid dienone is 2. The van der Waals surface area contributed by atoms with Gasteiger partial charge in [0.1, 0.15) is 0 Å². The third kappa shape index (κ3) is 24.0. The summed E-state index contributed by atoms with van der Waals surface area (Å²) in [6, 6.07) is 0. The number of hydrogen-bond acceptors (Lipinski definition) is 3. The molecule has 0 aromatic rings. The van der Waals surface area contributed by atoms with Crippen LogP contribution in [0.5, 0.6) is 0 Å². The van der Waals surface area contributed by atoms with Gasteiger partial charge >= 0.3 is 130 Å². The Balaban J connectivity index is 3.44. The molecule has 4 nitrogen and oxygen atoms in total.